The highest BCUT2D eigenvalue weighted by molar-refractivity contribution is 5.81. The second kappa shape index (κ2) is 7.49. The van der Waals surface area contributed by atoms with E-state index >= 15 is 0 Å². The van der Waals surface area contributed by atoms with Crippen LogP contribution in [-0.2, 0) is 16.0 Å². The minimum absolute atomic E-state index is 0.0433. The number of amides is 1. The number of nitrogens with zero attached hydrogens (tertiary/aromatic N) is 3. The highest BCUT2D eigenvalue weighted by atomic mass is 16.4. The summed E-state index contributed by atoms with van der Waals surface area (Å²) in [6.07, 6.45) is 3.47. The van der Waals surface area contributed by atoms with Crippen LogP contribution in [0.3, 0.4) is 0 Å². The van der Waals surface area contributed by atoms with Crippen LogP contribution in [0.15, 0.2) is 29.3 Å². The maximum atomic E-state index is 12.3. The molecule has 0 aliphatic heterocycles. The van der Waals surface area contributed by atoms with Crippen LogP contribution < -0.4 is 5.56 Å². The Kier molecular flexibility index (Phi) is 5.41. The van der Waals surface area contributed by atoms with Crippen molar-refractivity contribution < 1.29 is 14.7 Å². The summed E-state index contributed by atoms with van der Waals surface area (Å²) in [4.78, 5) is 46.9. The van der Waals surface area contributed by atoms with Gasteiger partial charge in [0.15, 0.2) is 0 Å². The molecule has 2 aromatic heterocycles. The number of likely N-dealkylation sites (N-methyl/N-ethyl adjacent to an activating group) is 1. The molecule has 0 atom stereocenters. The van der Waals surface area contributed by atoms with E-state index in [9.17, 15) is 14.4 Å². The van der Waals surface area contributed by atoms with Gasteiger partial charge in [0.25, 0.3) is 5.56 Å². The average Bonchev–Trinajstić information content (AvgIpc) is 2.53. The molecule has 0 aliphatic carbocycles. The van der Waals surface area contributed by atoms with Crippen molar-refractivity contribution in [3.63, 3.8) is 0 Å². The van der Waals surface area contributed by atoms with Gasteiger partial charge in [0.2, 0.25) is 5.91 Å². The predicted molar refractivity (Wildman–Crippen MR) is 86.4 cm³/mol. The molecule has 0 saturated carbocycles. The van der Waals surface area contributed by atoms with Crippen molar-refractivity contribution in [1.29, 1.82) is 0 Å². The summed E-state index contributed by atoms with van der Waals surface area (Å²) in [6, 6.07) is 3.53. The predicted octanol–water partition coefficient (Wildman–Crippen LogP) is 0.616. The molecule has 2 heterocycles. The van der Waals surface area contributed by atoms with E-state index in [2.05, 4.69) is 15.0 Å². The zero-order valence-electron chi connectivity index (χ0n) is 13.4. The van der Waals surface area contributed by atoms with Gasteiger partial charge >= 0.3 is 5.97 Å². The number of carbonyl (C=O) groups excluding carboxylic acids is 1. The lowest BCUT2D eigenvalue weighted by Gasteiger charge is -2.14. The third-order valence-electron chi connectivity index (χ3n) is 3.54. The number of hydrogen-bond donors (Lipinski definition) is 2. The van der Waals surface area contributed by atoms with Gasteiger partial charge in [0.1, 0.15) is 12.4 Å². The molecule has 0 bridgehead atoms. The Morgan fingerprint density at radius 3 is 2.71 bits per heavy atom. The molecule has 0 unspecified atom stereocenters. The number of hydrogen-bond acceptors (Lipinski definition) is 5. The standard InChI is InChI=1S/C16H18N4O4/c1-10-12(5-6-13(21)20(2)9-14(22)23)16(24)19-15(18-10)11-4-3-7-17-8-11/h3-4,7-8H,5-6,9H2,1-2H3,(H,22,23)(H,18,19,24). The second-order valence-electron chi connectivity index (χ2n) is 5.36. The van der Waals surface area contributed by atoms with Gasteiger partial charge < -0.3 is 15.0 Å². The molecular weight excluding hydrogens is 312 g/mol. The van der Waals surface area contributed by atoms with Gasteiger partial charge in [-0.2, -0.15) is 0 Å². The van der Waals surface area contributed by atoms with Crippen LogP contribution in [0.4, 0.5) is 0 Å². The highest BCUT2D eigenvalue weighted by Gasteiger charge is 2.15. The van der Waals surface area contributed by atoms with Crippen LogP contribution in [-0.4, -0.2) is 50.4 Å². The summed E-state index contributed by atoms with van der Waals surface area (Å²) in [5.41, 5.74) is 1.34. The summed E-state index contributed by atoms with van der Waals surface area (Å²) in [5, 5.41) is 8.68. The van der Waals surface area contributed by atoms with Gasteiger partial charge in [-0.15, -0.1) is 0 Å². The normalized spacial score (nSPS) is 10.4. The molecule has 126 valence electrons. The fraction of sp³-hybridized carbons (Fsp3) is 0.312. The Labute approximate surface area is 138 Å². The van der Waals surface area contributed by atoms with Crippen molar-refractivity contribution in [3.8, 4) is 11.4 Å². The first-order valence-corrected chi connectivity index (χ1v) is 7.34. The average molecular weight is 330 g/mol. The van der Waals surface area contributed by atoms with Gasteiger partial charge in [0.05, 0.1) is 0 Å². The lowest BCUT2D eigenvalue weighted by atomic mass is 10.1. The number of H-pyrrole nitrogens is 1. The van der Waals surface area contributed by atoms with Gasteiger partial charge in [-0.25, -0.2) is 4.98 Å². The Bertz CT molecular complexity index is 801. The molecular formula is C16H18N4O4. The first kappa shape index (κ1) is 17.3. The quantitative estimate of drug-likeness (QED) is 0.802. The van der Waals surface area contributed by atoms with E-state index in [1.165, 1.54) is 7.05 Å². The fourth-order valence-corrected chi connectivity index (χ4v) is 2.26. The van der Waals surface area contributed by atoms with Gasteiger partial charge in [-0.3, -0.25) is 19.4 Å². The fourth-order valence-electron chi connectivity index (χ4n) is 2.26. The van der Waals surface area contributed by atoms with Crippen molar-refractivity contribution >= 4 is 11.9 Å². The van der Waals surface area contributed by atoms with E-state index in [1.807, 2.05) is 0 Å². The topological polar surface area (TPSA) is 116 Å². The number of aromatic nitrogens is 3. The lowest BCUT2D eigenvalue weighted by Crippen LogP contribution is -2.32. The molecule has 0 saturated heterocycles. The van der Waals surface area contributed by atoms with Crippen LogP contribution in [0.5, 0.6) is 0 Å². The number of aliphatic carboxylic acids is 1. The van der Waals surface area contributed by atoms with Crippen molar-refractivity contribution in [2.45, 2.75) is 19.8 Å². The first-order chi connectivity index (χ1) is 11.4. The molecule has 0 spiro atoms. The van der Waals surface area contributed by atoms with E-state index in [1.54, 1.807) is 31.5 Å². The van der Waals surface area contributed by atoms with Crippen LogP contribution >= 0.6 is 0 Å². The summed E-state index contributed by atoms with van der Waals surface area (Å²) >= 11 is 0. The summed E-state index contributed by atoms with van der Waals surface area (Å²) < 4.78 is 0. The van der Waals surface area contributed by atoms with Gasteiger partial charge in [-0.1, -0.05) is 0 Å². The number of carboxylic acids is 1. The minimum Gasteiger partial charge on any atom is -0.480 e. The largest absolute Gasteiger partial charge is 0.480 e. The van der Waals surface area contributed by atoms with Gasteiger partial charge in [0, 0.05) is 42.7 Å². The van der Waals surface area contributed by atoms with E-state index < -0.39 is 5.97 Å². The number of aromatic amines is 1. The van der Waals surface area contributed by atoms with E-state index in [0.29, 0.717) is 22.6 Å². The summed E-state index contributed by atoms with van der Waals surface area (Å²) in [7, 11) is 1.41. The number of nitrogens with one attached hydrogen (secondary N) is 1. The number of rotatable bonds is 6. The molecule has 0 fully saturated rings. The van der Waals surface area contributed by atoms with Crippen molar-refractivity contribution in [3.05, 3.63) is 46.1 Å². The lowest BCUT2D eigenvalue weighted by molar-refractivity contribution is -0.143. The van der Waals surface area contributed by atoms with E-state index in [0.717, 1.165) is 4.90 Å². The monoisotopic (exact) mass is 330 g/mol. The summed E-state index contributed by atoms with van der Waals surface area (Å²) in [6.45, 7) is 1.34. The van der Waals surface area contributed by atoms with Crippen LogP contribution in [0.25, 0.3) is 11.4 Å². The number of pyridine rings is 1. The minimum atomic E-state index is -1.08. The zero-order valence-corrected chi connectivity index (χ0v) is 13.4. The molecule has 2 aromatic rings. The van der Waals surface area contributed by atoms with Crippen molar-refractivity contribution in [2.75, 3.05) is 13.6 Å². The summed E-state index contributed by atoms with van der Waals surface area (Å²) in [5.74, 6) is -1.00. The second-order valence-corrected chi connectivity index (χ2v) is 5.36. The molecule has 8 heteroatoms. The molecule has 0 radical (unpaired) electrons. The number of carboxylic acid groups (broad SMARTS) is 1. The molecule has 0 aromatic carbocycles. The van der Waals surface area contributed by atoms with Crippen LogP contribution in [0.1, 0.15) is 17.7 Å². The number of aryl methyl sites for hydroxylation is 1. The third kappa shape index (κ3) is 4.25. The van der Waals surface area contributed by atoms with Crippen molar-refractivity contribution in [2.24, 2.45) is 0 Å². The van der Waals surface area contributed by atoms with Crippen LogP contribution in [0, 0.1) is 6.92 Å². The highest BCUT2D eigenvalue weighted by Crippen LogP contribution is 2.13. The Hall–Kier alpha value is -3.03. The van der Waals surface area contributed by atoms with Crippen LogP contribution in [0.2, 0.25) is 0 Å². The third-order valence-corrected chi connectivity index (χ3v) is 3.54. The molecule has 0 aliphatic rings. The first-order valence-electron chi connectivity index (χ1n) is 7.34. The molecule has 24 heavy (non-hydrogen) atoms. The SMILES string of the molecule is Cc1nc(-c2cccnc2)[nH]c(=O)c1CCC(=O)N(C)CC(=O)O. The van der Waals surface area contributed by atoms with Crippen molar-refractivity contribution in [1.82, 2.24) is 19.9 Å². The van der Waals surface area contributed by atoms with Gasteiger partial charge in [-0.05, 0) is 25.5 Å². The smallest absolute Gasteiger partial charge is 0.323 e. The maximum Gasteiger partial charge on any atom is 0.323 e. The van der Waals surface area contributed by atoms with E-state index in [4.69, 9.17) is 5.11 Å². The molecule has 2 N–H and O–H groups in total. The Morgan fingerprint density at radius 1 is 1.38 bits per heavy atom. The number of carbonyl (C=O) groups is 2. The Morgan fingerprint density at radius 2 is 2.12 bits per heavy atom. The molecule has 2 rings (SSSR count). The zero-order chi connectivity index (χ0) is 17.7. The Balaban J connectivity index is 2.13. The molecule has 8 nitrogen and oxygen atoms in total. The van der Waals surface area contributed by atoms with E-state index in [-0.39, 0.29) is 30.9 Å². The molecule has 1 amide bonds. The maximum absolute atomic E-state index is 12.3.